The van der Waals surface area contributed by atoms with Gasteiger partial charge in [-0.15, -0.1) is 11.3 Å². The Hall–Kier alpha value is -0.940. The van der Waals surface area contributed by atoms with Crippen LogP contribution in [0.4, 0.5) is 0 Å². The van der Waals surface area contributed by atoms with E-state index >= 15 is 0 Å². The van der Waals surface area contributed by atoms with Gasteiger partial charge in [0.05, 0.1) is 10.4 Å². The van der Waals surface area contributed by atoms with E-state index < -0.39 is 0 Å². The van der Waals surface area contributed by atoms with Crippen molar-refractivity contribution in [3.05, 3.63) is 16.1 Å². The average Bonchev–Trinajstić information content (AvgIpc) is 2.89. The molecule has 0 N–H and O–H groups in total. The van der Waals surface area contributed by atoms with E-state index in [1.807, 2.05) is 13.1 Å². The number of β-lactam (4-membered cyclic amide) rings is 1. The van der Waals surface area contributed by atoms with Crippen molar-refractivity contribution in [2.45, 2.75) is 52.6 Å². The molecule has 3 rings (SSSR count). The van der Waals surface area contributed by atoms with Crippen LogP contribution in [0.15, 0.2) is 6.20 Å². The first-order chi connectivity index (χ1) is 10.0. The van der Waals surface area contributed by atoms with Gasteiger partial charge >= 0.3 is 0 Å². The molecular formula is C16H25N3OS. The van der Waals surface area contributed by atoms with E-state index in [0.717, 1.165) is 50.4 Å². The number of aryl methyl sites for hydroxylation is 1. The van der Waals surface area contributed by atoms with Gasteiger partial charge in [0, 0.05) is 36.8 Å². The van der Waals surface area contributed by atoms with Crippen LogP contribution in [-0.4, -0.2) is 46.4 Å². The fourth-order valence-electron chi connectivity index (χ4n) is 3.62. The van der Waals surface area contributed by atoms with Gasteiger partial charge in [-0.25, -0.2) is 4.98 Å². The molecule has 2 saturated heterocycles. The van der Waals surface area contributed by atoms with Gasteiger partial charge in [-0.2, -0.15) is 0 Å². The minimum Gasteiger partial charge on any atom is -0.338 e. The molecule has 5 heteroatoms. The van der Waals surface area contributed by atoms with Crippen LogP contribution >= 0.6 is 11.3 Å². The predicted octanol–water partition coefficient (Wildman–Crippen LogP) is 2.67. The van der Waals surface area contributed by atoms with Crippen LogP contribution in [0, 0.1) is 12.3 Å². The highest BCUT2D eigenvalue weighted by molar-refractivity contribution is 7.11. The molecule has 2 aliphatic rings. The molecule has 2 fully saturated rings. The summed E-state index contributed by atoms with van der Waals surface area (Å²) in [5.41, 5.74) is -0.0819. The minimum absolute atomic E-state index is 0.0819. The third kappa shape index (κ3) is 2.73. The van der Waals surface area contributed by atoms with Crippen molar-refractivity contribution in [2.24, 2.45) is 5.41 Å². The number of hydrogen-bond acceptors (Lipinski definition) is 4. The average molecular weight is 307 g/mol. The maximum atomic E-state index is 12.6. The van der Waals surface area contributed by atoms with Crippen LogP contribution in [0.25, 0.3) is 0 Å². The van der Waals surface area contributed by atoms with Crippen molar-refractivity contribution in [1.82, 2.24) is 14.8 Å². The van der Waals surface area contributed by atoms with Gasteiger partial charge in [0.15, 0.2) is 0 Å². The van der Waals surface area contributed by atoms with Gasteiger partial charge in [0.2, 0.25) is 5.91 Å². The second kappa shape index (κ2) is 5.69. The van der Waals surface area contributed by atoms with E-state index in [-0.39, 0.29) is 5.41 Å². The lowest BCUT2D eigenvalue weighted by Crippen LogP contribution is -2.68. The summed E-state index contributed by atoms with van der Waals surface area (Å²) in [7, 11) is 0. The molecule has 0 bridgehead atoms. The quantitative estimate of drug-likeness (QED) is 0.803. The molecule has 2 aliphatic heterocycles. The molecule has 1 aromatic heterocycles. The number of carbonyl (C=O) groups is 1. The summed E-state index contributed by atoms with van der Waals surface area (Å²) in [5, 5.41) is 1.12. The molecule has 1 aromatic rings. The standard InChI is InChI=1S/C16H25N3OS/c1-4-12(2)19-11-16(15(19)20)6-5-7-18(10-16)9-14-8-17-13(3)21-14/h8,12H,4-7,9-11H2,1-3H3. The Labute approximate surface area is 131 Å². The van der Waals surface area contributed by atoms with Crippen molar-refractivity contribution < 1.29 is 4.79 Å². The van der Waals surface area contributed by atoms with Crippen molar-refractivity contribution >= 4 is 17.2 Å². The minimum atomic E-state index is -0.0819. The molecule has 0 aliphatic carbocycles. The van der Waals surface area contributed by atoms with Crippen LogP contribution in [-0.2, 0) is 11.3 Å². The molecular weight excluding hydrogens is 282 g/mol. The number of piperidine rings is 1. The fourth-order valence-corrected chi connectivity index (χ4v) is 4.46. The SMILES string of the molecule is CCC(C)N1CC2(CCCN(Cc3cnc(C)s3)C2)C1=O. The van der Waals surface area contributed by atoms with Crippen molar-refractivity contribution in [1.29, 1.82) is 0 Å². The first kappa shape index (κ1) is 15.0. The number of nitrogens with zero attached hydrogens (tertiary/aromatic N) is 3. The summed E-state index contributed by atoms with van der Waals surface area (Å²) in [5.74, 6) is 0.391. The molecule has 116 valence electrons. The van der Waals surface area contributed by atoms with Gasteiger partial charge in [-0.05, 0) is 39.7 Å². The molecule has 2 atom stereocenters. The molecule has 2 unspecified atom stereocenters. The highest BCUT2D eigenvalue weighted by Crippen LogP contribution is 2.42. The second-order valence-corrected chi connectivity index (χ2v) is 7.95. The summed E-state index contributed by atoms with van der Waals surface area (Å²) in [4.78, 5) is 22.8. The van der Waals surface area contributed by atoms with Gasteiger partial charge in [-0.3, -0.25) is 9.69 Å². The zero-order valence-corrected chi connectivity index (χ0v) is 14.1. The number of thiazole rings is 1. The molecule has 1 amide bonds. The molecule has 1 spiro atoms. The predicted molar refractivity (Wildman–Crippen MR) is 85.3 cm³/mol. The van der Waals surface area contributed by atoms with Gasteiger partial charge in [-0.1, -0.05) is 6.92 Å². The van der Waals surface area contributed by atoms with Crippen molar-refractivity contribution in [2.75, 3.05) is 19.6 Å². The fraction of sp³-hybridized carbons (Fsp3) is 0.750. The van der Waals surface area contributed by atoms with Crippen LogP contribution < -0.4 is 0 Å². The Morgan fingerprint density at radius 2 is 2.29 bits per heavy atom. The topological polar surface area (TPSA) is 36.4 Å². The van der Waals surface area contributed by atoms with Crippen LogP contribution in [0.3, 0.4) is 0 Å². The highest BCUT2D eigenvalue weighted by Gasteiger charge is 2.54. The maximum absolute atomic E-state index is 12.6. The number of hydrogen-bond donors (Lipinski definition) is 0. The van der Waals surface area contributed by atoms with E-state index in [2.05, 4.69) is 28.6 Å². The Morgan fingerprint density at radius 3 is 2.90 bits per heavy atom. The Morgan fingerprint density at radius 1 is 1.48 bits per heavy atom. The van der Waals surface area contributed by atoms with Crippen LogP contribution in [0.1, 0.15) is 43.0 Å². The molecule has 0 radical (unpaired) electrons. The number of likely N-dealkylation sites (tertiary alicyclic amines) is 2. The molecule has 21 heavy (non-hydrogen) atoms. The number of rotatable bonds is 4. The number of carbonyl (C=O) groups excluding carboxylic acids is 1. The lowest BCUT2D eigenvalue weighted by Gasteiger charge is -2.55. The van der Waals surface area contributed by atoms with Crippen molar-refractivity contribution in [3.63, 3.8) is 0 Å². The lowest BCUT2D eigenvalue weighted by molar-refractivity contribution is -0.170. The maximum Gasteiger partial charge on any atom is 0.232 e. The van der Waals surface area contributed by atoms with Gasteiger partial charge in [0.25, 0.3) is 0 Å². The largest absolute Gasteiger partial charge is 0.338 e. The summed E-state index contributed by atoms with van der Waals surface area (Å²) in [6.45, 7) is 10.3. The zero-order valence-electron chi connectivity index (χ0n) is 13.3. The van der Waals surface area contributed by atoms with Crippen molar-refractivity contribution in [3.8, 4) is 0 Å². The highest BCUT2D eigenvalue weighted by atomic mass is 32.1. The zero-order chi connectivity index (χ0) is 15.0. The van der Waals surface area contributed by atoms with E-state index in [9.17, 15) is 4.79 Å². The summed E-state index contributed by atoms with van der Waals surface area (Å²) >= 11 is 1.77. The monoisotopic (exact) mass is 307 g/mol. The Balaban J connectivity index is 1.63. The summed E-state index contributed by atoms with van der Waals surface area (Å²) < 4.78 is 0. The first-order valence-electron chi connectivity index (χ1n) is 7.99. The third-order valence-electron chi connectivity index (χ3n) is 5.01. The van der Waals surface area contributed by atoms with Gasteiger partial charge in [0.1, 0.15) is 0 Å². The van der Waals surface area contributed by atoms with E-state index in [1.54, 1.807) is 11.3 Å². The third-order valence-corrected chi connectivity index (χ3v) is 5.91. The molecule has 0 aromatic carbocycles. The second-order valence-electron chi connectivity index (χ2n) is 6.63. The van der Waals surface area contributed by atoms with Crippen LogP contribution in [0.2, 0.25) is 0 Å². The number of aromatic nitrogens is 1. The van der Waals surface area contributed by atoms with E-state index in [0.29, 0.717) is 11.9 Å². The first-order valence-corrected chi connectivity index (χ1v) is 8.80. The van der Waals surface area contributed by atoms with E-state index in [4.69, 9.17) is 0 Å². The molecule has 0 saturated carbocycles. The smallest absolute Gasteiger partial charge is 0.232 e. The summed E-state index contributed by atoms with van der Waals surface area (Å²) in [6, 6.07) is 0.391. The van der Waals surface area contributed by atoms with Gasteiger partial charge < -0.3 is 4.90 Å². The normalized spacial score (nSPS) is 28.0. The van der Waals surface area contributed by atoms with Crippen LogP contribution in [0.5, 0.6) is 0 Å². The summed E-state index contributed by atoms with van der Waals surface area (Å²) in [6.07, 6.45) is 5.23. The molecule has 3 heterocycles. The molecule has 4 nitrogen and oxygen atoms in total. The lowest BCUT2D eigenvalue weighted by atomic mass is 9.71. The Kier molecular flexibility index (Phi) is 4.06. The Bertz CT molecular complexity index is 529. The number of amides is 1. The van der Waals surface area contributed by atoms with E-state index in [1.165, 1.54) is 4.88 Å².